The van der Waals surface area contributed by atoms with E-state index in [1.54, 1.807) is 36.5 Å². The van der Waals surface area contributed by atoms with Crippen LogP contribution in [0.25, 0.3) is 22.3 Å². The third-order valence-electron chi connectivity index (χ3n) is 4.16. The summed E-state index contributed by atoms with van der Waals surface area (Å²) in [7, 11) is 0. The molecule has 140 valence electrons. The van der Waals surface area contributed by atoms with E-state index in [-0.39, 0.29) is 18.5 Å². The van der Waals surface area contributed by atoms with Crippen LogP contribution in [0.1, 0.15) is 6.42 Å². The maximum absolute atomic E-state index is 12.5. The van der Waals surface area contributed by atoms with Crippen molar-refractivity contribution < 1.29 is 4.79 Å². The molecule has 0 saturated heterocycles. The molecule has 5 nitrogen and oxygen atoms in total. The predicted molar refractivity (Wildman–Crippen MR) is 110 cm³/mol. The first-order valence-electron chi connectivity index (χ1n) is 8.48. The van der Waals surface area contributed by atoms with Crippen LogP contribution in [0.5, 0.6) is 0 Å². The molecule has 3 aromatic rings. The molecule has 0 radical (unpaired) electrons. The highest BCUT2D eigenvalue weighted by atomic mass is 35.5. The summed E-state index contributed by atoms with van der Waals surface area (Å²) in [6, 6.07) is 17.7. The summed E-state index contributed by atoms with van der Waals surface area (Å²) >= 11 is 12.0. The molecule has 0 atom stereocenters. The normalized spacial score (nSPS) is 10.3. The second kappa shape index (κ2) is 8.75. The monoisotopic (exact) mass is 410 g/mol. The number of amides is 1. The third-order valence-corrected chi connectivity index (χ3v) is 4.66. The van der Waals surface area contributed by atoms with E-state index in [4.69, 9.17) is 33.9 Å². The van der Waals surface area contributed by atoms with Crippen molar-refractivity contribution in [2.24, 2.45) is 0 Å². The zero-order valence-corrected chi connectivity index (χ0v) is 16.3. The molecule has 0 fully saturated rings. The topological polar surface area (TPSA) is 81.7 Å². The number of pyridine rings is 1. The van der Waals surface area contributed by atoms with Crippen LogP contribution < -0.4 is 10.8 Å². The van der Waals surface area contributed by atoms with E-state index in [9.17, 15) is 4.79 Å². The number of halogens is 2. The van der Waals surface area contributed by atoms with Crippen molar-refractivity contribution in [3.05, 3.63) is 76.3 Å². The summed E-state index contributed by atoms with van der Waals surface area (Å²) in [5.41, 5.74) is 3.06. The molecule has 1 amide bonds. The van der Waals surface area contributed by atoms with Gasteiger partial charge in [-0.2, -0.15) is 5.26 Å². The van der Waals surface area contributed by atoms with Gasteiger partial charge in [0.2, 0.25) is 0 Å². The van der Waals surface area contributed by atoms with Gasteiger partial charge in [0, 0.05) is 28.4 Å². The largest absolute Gasteiger partial charge is 0.336 e. The van der Waals surface area contributed by atoms with Gasteiger partial charge in [0.1, 0.15) is 5.49 Å². The molecule has 28 heavy (non-hydrogen) atoms. The minimum atomic E-state index is -0.460. The van der Waals surface area contributed by atoms with Crippen molar-refractivity contribution in [1.29, 1.82) is 10.7 Å². The number of benzene rings is 2. The molecular formula is C21H16Cl2N4O. The van der Waals surface area contributed by atoms with Crippen LogP contribution in [-0.4, -0.2) is 17.1 Å². The molecular weight excluding hydrogens is 395 g/mol. The molecule has 2 aromatic carbocycles. The molecule has 7 heteroatoms. The summed E-state index contributed by atoms with van der Waals surface area (Å²) in [6.45, 7) is 0.219. The fraction of sp³-hybridized carbons (Fsp3) is 0.0952. The molecule has 0 aliphatic rings. The number of hydrogen-bond acceptors (Lipinski definition) is 3. The highest BCUT2D eigenvalue weighted by Gasteiger charge is 2.15. The quantitative estimate of drug-likeness (QED) is 0.587. The van der Waals surface area contributed by atoms with Crippen molar-refractivity contribution in [2.45, 2.75) is 6.42 Å². The summed E-state index contributed by atoms with van der Waals surface area (Å²) in [5.74, 6) is 0. The van der Waals surface area contributed by atoms with E-state index >= 15 is 0 Å². The smallest absolute Gasteiger partial charge is 0.327 e. The molecule has 0 aliphatic carbocycles. The Kier molecular flexibility index (Phi) is 6.15. The number of carbonyl (C=O) groups excluding carboxylic acids is 1. The van der Waals surface area contributed by atoms with E-state index in [1.807, 2.05) is 30.3 Å². The Morgan fingerprint density at radius 1 is 1.00 bits per heavy atom. The van der Waals surface area contributed by atoms with Gasteiger partial charge < -0.3 is 5.32 Å². The average Bonchev–Trinajstić information content (AvgIpc) is 2.69. The fourth-order valence-electron chi connectivity index (χ4n) is 2.81. The van der Waals surface area contributed by atoms with Gasteiger partial charge in [-0.05, 0) is 47.0 Å². The first kappa shape index (κ1) is 19.7. The first-order valence-corrected chi connectivity index (χ1v) is 9.24. The average molecular weight is 411 g/mol. The lowest BCUT2D eigenvalue weighted by atomic mass is 9.96. The van der Waals surface area contributed by atoms with Crippen LogP contribution in [0, 0.1) is 16.7 Å². The van der Waals surface area contributed by atoms with E-state index in [0.29, 0.717) is 15.6 Å². The molecule has 0 saturated carbocycles. The number of carbonyl (C=O) groups is 1. The summed E-state index contributed by atoms with van der Waals surface area (Å²) < 4.78 is 1.22. The van der Waals surface area contributed by atoms with Gasteiger partial charge in [-0.25, -0.2) is 4.79 Å². The fourth-order valence-corrected chi connectivity index (χ4v) is 3.07. The Bertz CT molecular complexity index is 1100. The number of nitrogens with zero attached hydrogens (tertiary/aromatic N) is 2. The number of nitriles is 1. The number of nitrogens with one attached hydrogen (secondary N) is 2. The second-order valence-electron chi connectivity index (χ2n) is 5.98. The Hall–Kier alpha value is -3.07. The molecule has 0 unspecified atom stereocenters. The zero-order valence-electron chi connectivity index (χ0n) is 14.7. The van der Waals surface area contributed by atoms with Crippen molar-refractivity contribution >= 4 is 29.2 Å². The second-order valence-corrected chi connectivity index (χ2v) is 6.85. The highest BCUT2D eigenvalue weighted by Crippen LogP contribution is 2.30. The van der Waals surface area contributed by atoms with E-state index in [1.165, 1.54) is 4.57 Å². The van der Waals surface area contributed by atoms with Crippen LogP contribution in [0.4, 0.5) is 4.79 Å². The molecule has 0 aliphatic heterocycles. The number of aromatic nitrogens is 1. The molecule has 1 aromatic heterocycles. The Morgan fingerprint density at radius 3 is 2.14 bits per heavy atom. The maximum Gasteiger partial charge on any atom is 0.327 e. The van der Waals surface area contributed by atoms with E-state index < -0.39 is 6.03 Å². The molecule has 0 bridgehead atoms. The molecule has 0 spiro atoms. The van der Waals surface area contributed by atoms with E-state index in [0.717, 1.165) is 16.7 Å². The van der Waals surface area contributed by atoms with Gasteiger partial charge in [0.25, 0.3) is 0 Å². The molecule has 3 rings (SSSR count). The van der Waals surface area contributed by atoms with Gasteiger partial charge in [0.05, 0.1) is 12.5 Å². The SMILES string of the molecule is N#CCCNC(=O)n1ccc(-c2ccc(Cl)cc2)c(-c2ccc(Cl)cc2)c1=N. The lowest BCUT2D eigenvalue weighted by Gasteiger charge is -2.15. The van der Waals surface area contributed by atoms with Crippen LogP contribution >= 0.6 is 23.2 Å². The van der Waals surface area contributed by atoms with E-state index in [2.05, 4.69) is 5.32 Å². The van der Waals surface area contributed by atoms with Crippen LogP contribution in [0.3, 0.4) is 0 Å². The summed E-state index contributed by atoms with van der Waals surface area (Å²) in [4.78, 5) is 12.5. The van der Waals surface area contributed by atoms with Crippen LogP contribution in [0.2, 0.25) is 10.0 Å². The van der Waals surface area contributed by atoms with Crippen molar-refractivity contribution in [3.63, 3.8) is 0 Å². The standard InChI is InChI=1S/C21H16Cl2N4O/c22-16-6-2-14(3-7-16)18-10-13-27(21(28)26-12-1-11-24)20(25)19(18)15-4-8-17(23)9-5-15/h2-10,13,25H,1,12H2,(H,26,28). The number of rotatable bonds is 4. The van der Waals surface area contributed by atoms with Gasteiger partial charge in [0.15, 0.2) is 0 Å². The molecule has 1 heterocycles. The highest BCUT2D eigenvalue weighted by molar-refractivity contribution is 6.31. The van der Waals surface area contributed by atoms with Gasteiger partial charge in [-0.3, -0.25) is 9.98 Å². The van der Waals surface area contributed by atoms with Crippen LogP contribution in [-0.2, 0) is 0 Å². The maximum atomic E-state index is 12.5. The predicted octanol–water partition coefficient (Wildman–Crippen LogP) is 5.08. The van der Waals surface area contributed by atoms with Crippen molar-refractivity contribution in [2.75, 3.05) is 6.54 Å². The first-order chi connectivity index (χ1) is 13.5. The minimum Gasteiger partial charge on any atom is -0.336 e. The molecule has 2 N–H and O–H groups in total. The van der Waals surface area contributed by atoms with Gasteiger partial charge in [-0.15, -0.1) is 0 Å². The minimum absolute atomic E-state index is 0.0317. The zero-order chi connectivity index (χ0) is 20.1. The Labute approximate surface area is 172 Å². The number of hydrogen-bond donors (Lipinski definition) is 2. The Balaban J connectivity index is 2.15. The van der Waals surface area contributed by atoms with Crippen molar-refractivity contribution in [3.8, 4) is 28.3 Å². The lowest BCUT2D eigenvalue weighted by molar-refractivity contribution is 0.241. The Morgan fingerprint density at radius 2 is 1.57 bits per heavy atom. The van der Waals surface area contributed by atoms with Crippen LogP contribution in [0.15, 0.2) is 60.8 Å². The summed E-state index contributed by atoms with van der Waals surface area (Å²) in [5, 5.41) is 21.1. The summed E-state index contributed by atoms with van der Waals surface area (Å²) in [6.07, 6.45) is 1.75. The van der Waals surface area contributed by atoms with Crippen molar-refractivity contribution in [1.82, 2.24) is 9.88 Å². The van der Waals surface area contributed by atoms with Gasteiger partial charge in [-0.1, -0.05) is 47.5 Å². The van der Waals surface area contributed by atoms with Gasteiger partial charge >= 0.3 is 6.03 Å². The lowest BCUT2D eigenvalue weighted by Crippen LogP contribution is -2.37. The third kappa shape index (κ3) is 4.25.